The van der Waals surface area contributed by atoms with Crippen LogP contribution in [0, 0.1) is 6.92 Å². The Labute approximate surface area is 283 Å². The molecule has 3 atom stereocenters. The number of aryl methyl sites for hydroxylation is 1. The van der Waals surface area contributed by atoms with Crippen LogP contribution in [0.25, 0.3) is 11.1 Å². The molecule has 1 aromatic heterocycles. The Balaban J connectivity index is 1.19. The number of carboxylic acid groups (broad SMARTS) is 1. The van der Waals surface area contributed by atoms with E-state index in [0.29, 0.717) is 25.8 Å². The number of nitrogens with zero attached hydrogens (tertiary/aromatic N) is 2. The van der Waals surface area contributed by atoms with Gasteiger partial charge >= 0.3 is 5.97 Å². The van der Waals surface area contributed by atoms with Gasteiger partial charge in [-0.3, -0.25) is 9.59 Å². The van der Waals surface area contributed by atoms with Crippen molar-refractivity contribution in [1.29, 1.82) is 0 Å². The topological polar surface area (TPSA) is 131 Å². The predicted octanol–water partition coefficient (Wildman–Crippen LogP) is 7.38. The van der Waals surface area contributed by atoms with Gasteiger partial charge in [0.25, 0.3) is 0 Å². The summed E-state index contributed by atoms with van der Waals surface area (Å²) in [5, 5.41) is 30.5. The van der Waals surface area contributed by atoms with E-state index >= 15 is 0 Å². The van der Waals surface area contributed by atoms with Crippen LogP contribution < -0.4 is 5.32 Å². The summed E-state index contributed by atoms with van der Waals surface area (Å²) >= 11 is 3.23. The molecule has 1 saturated heterocycles. The van der Waals surface area contributed by atoms with Crippen molar-refractivity contribution in [3.8, 4) is 11.1 Å². The number of aliphatic hydroxyl groups is 1. The summed E-state index contributed by atoms with van der Waals surface area (Å²) in [7, 11) is 0. The molecule has 0 unspecified atom stereocenters. The highest BCUT2D eigenvalue weighted by molar-refractivity contribution is 8.01. The molecule has 0 spiro atoms. The van der Waals surface area contributed by atoms with E-state index in [4.69, 9.17) is 14.6 Å². The number of nitrogens with one attached hydrogen (secondary N) is 1. The molecule has 0 bridgehead atoms. The van der Waals surface area contributed by atoms with Crippen molar-refractivity contribution < 1.29 is 29.3 Å². The number of aliphatic hydroxyl groups excluding tert-OH is 1. The molecule has 1 aliphatic rings. The van der Waals surface area contributed by atoms with E-state index in [1.807, 2.05) is 55.5 Å². The zero-order chi connectivity index (χ0) is 33.0. The third kappa shape index (κ3) is 10.7. The first-order valence-electron chi connectivity index (χ1n) is 16.0. The fourth-order valence-electron chi connectivity index (χ4n) is 5.42. The molecular formula is C36H41N3O6S2. The van der Waals surface area contributed by atoms with E-state index in [1.165, 1.54) is 0 Å². The van der Waals surface area contributed by atoms with E-state index in [-0.39, 0.29) is 31.1 Å². The molecule has 3 N–H and O–H groups in total. The first-order valence-corrected chi connectivity index (χ1v) is 17.8. The minimum atomic E-state index is -0.774. The number of thioether (sulfide) groups is 1. The highest BCUT2D eigenvalue weighted by Gasteiger charge is 2.32. The van der Waals surface area contributed by atoms with Crippen molar-refractivity contribution in [2.45, 2.75) is 87.9 Å². The monoisotopic (exact) mass is 675 g/mol. The summed E-state index contributed by atoms with van der Waals surface area (Å²) in [5.74, 6) is -0.0410. The maximum absolute atomic E-state index is 12.3. The van der Waals surface area contributed by atoms with Crippen LogP contribution in [-0.2, 0) is 32.2 Å². The second kappa shape index (κ2) is 17.5. The Morgan fingerprint density at radius 1 is 0.894 bits per heavy atom. The number of ether oxygens (including phenoxy) is 2. The summed E-state index contributed by atoms with van der Waals surface area (Å²) in [6.07, 6.45) is 3.64. The number of rotatable bonds is 16. The van der Waals surface area contributed by atoms with Crippen molar-refractivity contribution >= 4 is 35.0 Å². The highest BCUT2D eigenvalue weighted by atomic mass is 32.2. The van der Waals surface area contributed by atoms with Crippen molar-refractivity contribution in [3.63, 3.8) is 0 Å². The van der Waals surface area contributed by atoms with Crippen molar-refractivity contribution in [2.75, 3.05) is 5.75 Å². The highest BCUT2D eigenvalue weighted by Crippen LogP contribution is 2.40. The molecule has 0 aliphatic carbocycles. The number of aromatic nitrogens is 2. The van der Waals surface area contributed by atoms with Crippen LogP contribution in [0.3, 0.4) is 0 Å². The Morgan fingerprint density at radius 3 is 2.34 bits per heavy atom. The molecule has 0 radical (unpaired) electrons. The van der Waals surface area contributed by atoms with E-state index in [0.717, 1.165) is 67.7 Å². The maximum atomic E-state index is 12.3. The van der Waals surface area contributed by atoms with E-state index in [9.17, 15) is 14.7 Å². The fraction of sp³-hybridized carbons (Fsp3) is 0.389. The lowest BCUT2D eigenvalue weighted by Gasteiger charge is -2.36. The average molecular weight is 676 g/mol. The summed E-state index contributed by atoms with van der Waals surface area (Å²) in [6.45, 7) is 2.40. The largest absolute Gasteiger partial charge is 0.481 e. The third-order valence-corrected chi connectivity index (χ3v) is 10.1. The van der Waals surface area contributed by atoms with Gasteiger partial charge in [-0.2, -0.15) is 0 Å². The number of carbonyl (C=O) groups is 2. The van der Waals surface area contributed by atoms with Crippen molar-refractivity contribution in [1.82, 2.24) is 15.5 Å². The number of hydrogen-bond acceptors (Lipinski definition) is 9. The van der Waals surface area contributed by atoms with Gasteiger partial charge in [0.15, 0.2) is 10.6 Å². The van der Waals surface area contributed by atoms with E-state index < -0.39 is 12.3 Å². The Hall–Kier alpha value is -3.61. The number of unbranched alkanes of at least 4 members (excludes halogenated alkanes) is 3. The molecule has 1 aliphatic heterocycles. The molecule has 11 heteroatoms. The Kier molecular flexibility index (Phi) is 12.9. The lowest BCUT2D eigenvalue weighted by Crippen LogP contribution is -2.31. The molecule has 2 heterocycles. The van der Waals surface area contributed by atoms with Crippen molar-refractivity contribution in [3.05, 3.63) is 100 Å². The quantitative estimate of drug-likeness (QED) is 0.0822. The first kappa shape index (κ1) is 34.7. The number of carboxylic acids is 1. The predicted molar refractivity (Wildman–Crippen MR) is 183 cm³/mol. The zero-order valence-corrected chi connectivity index (χ0v) is 28.1. The lowest BCUT2D eigenvalue weighted by atomic mass is 9.99. The Bertz CT molecular complexity index is 1600. The normalized spacial score (nSPS) is 17.8. The van der Waals surface area contributed by atoms with Gasteiger partial charge in [-0.1, -0.05) is 103 Å². The molecule has 248 valence electrons. The van der Waals surface area contributed by atoms with Crippen LogP contribution >= 0.6 is 23.1 Å². The minimum absolute atomic E-state index is 0.000777. The third-order valence-electron chi connectivity index (χ3n) is 7.99. The van der Waals surface area contributed by atoms with Crippen LogP contribution in [0.15, 0.2) is 77.1 Å². The van der Waals surface area contributed by atoms with Crippen LogP contribution in [0.4, 0.5) is 0 Å². The van der Waals surface area contributed by atoms with Crippen LogP contribution in [0.2, 0.25) is 0 Å². The van der Waals surface area contributed by atoms with Crippen molar-refractivity contribution in [2.24, 2.45) is 0 Å². The summed E-state index contributed by atoms with van der Waals surface area (Å²) in [6, 6.07) is 24.2. The summed E-state index contributed by atoms with van der Waals surface area (Å²) in [4.78, 5) is 22.9. The van der Waals surface area contributed by atoms with Gasteiger partial charge in [0.1, 0.15) is 5.01 Å². The second-order valence-corrected chi connectivity index (χ2v) is 14.1. The molecule has 0 saturated carbocycles. The number of amides is 1. The maximum Gasteiger partial charge on any atom is 0.303 e. The van der Waals surface area contributed by atoms with Gasteiger partial charge in [0.2, 0.25) is 5.91 Å². The average Bonchev–Trinajstić information content (AvgIpc) is 3.52. The Morgan fingerprint density at radius 2 is 1.64 bits per heavy atom. The summed E-state index contributed by atoms with van der Waals surface area (Å²) in [5.41, 5.74) is 5.96. The van der Waals surface area contributed by atoms with E-state index in [1.54, 1.807) is 23.1 Å². The van der Waals surface area contributed by atoms with Gasteiger partial charge in [0.05, 0.1) is 18.8 Å². The van der Waals surface area contributed by atoms with Gasteiger partial charge in [0, 0.05) is 37.1 Å². The zero-order valence-electron chi connectivity index (χ0n) is 26.5. The van der Waals surface area contributed by atoms with Gasteiger partial charge in [-0.25, -0.2) is 0 Å². The minimum Gasteiger partial charge on any atom is -0.481 e. The second-order valence-electron chi connectivity index (χ2n) is 11.7. The van der Waals surface area contributed by atoms with Gasteiger partial charge in [-0.15, -0.1) is 10.2 Å². The molecule has 1 fully saturated rings. The van der Waals surface area contributed by atoms with Gasteiger partial charge < -0.3 is 25.0 Å². The molecule has 1 amide bonds. The lowest BCUT2D eigenvalue weighted by molar-refractivity contribution is -0.245. The standard InChI is InChI=1S/C36H41N3O6S2/c1-24-38-39-36(47-24)46-23-31-20-32(28-13-11-25(22-40)12-14-28)45-35(44-31)29-17-15-27(16-18-29)30-8-6-7-26(19-30)21-37-33(41)9-4-2-3-5-10-34(42)43/h6-8,11-19,31-32,35,40H,2-5,9-10,20-23H2,1H3,(H,37,41)(H,42,43)/t31-,32+,35+/m0/s1. The van der Waals surface area contributed by atoms with Crippen LogP contribution in [-0.4, -0.2) is 44.1 Å². The number of carbonyl (C=O) groups excluding carboxylic acids is 1. The number of hydrogen-bond donors (Lipinski definition) is 3. The number of benzene rings is 3. The SMILES string of the molecule is Cc1nnc(SC[C@@H]2C[C@H](c3ccc(CO)cc3)O[C@H](c3ccc(-c4cccc(CNC(=O)CCCCCCC(=O)O)c4)cc3)O2)s1. The first-order chi connectivity index (χ1) is 22.9. The molecular weight excluding hydrogens is 635 g/mol. The van der Waals surface area contributed by atoms with Crippen LogP contribution in [0.1, 0.15) is 84.6 Å². The smallest absolute Gasteiger partial charge is 0.303 e. The van der Waals surface area contributed by atoms with Crippen LogP contribution in [0.5, 0.6) is 0 Å². The summed E-state index contributed by atoms with van der Waals surface area (Å²) < 4.78 is 13.9. The molecule has 5 rings (SSSR count). The fourth-order valence-corrected chi connectivity index (χ4v) is 7.28. The number of aliphatic carboxylic acids is 1. The molecule has 4 aromatic rings. The van der Waals surface area contributed by atoms with Gasteiger partial charge in [-0.05, 0) is 53.6 Å². The molecule has 3 aromatic carbocycles. The molecule has 9 nitrogen and oxygen atoms in total. The van der Waals surface area contributed by atoms with E-state index in [2.05, 4.69) is 39.8 Å². The molecule has 47 heavy (non-hydrogen) atoms.